The molecule has 0 saturated heterocycles. The van der Waals surface area contributed by atoms with Gasteiger partial charge in [-0.05, 0) is 67.9 Å². The number of anilines is 1. The van der Waals surface area contributed by atoms with Crippen LogP contribution in [0.2, 0.25) is 0 Å². The SMILES string of the molecule is CC(C)Oc1ccc(CNC(=O)CN(c2ccc(Br)cc2)S(=O)(=O)c2ccccc2)cc1. The summed E-state index contributed by atoms with van der Waals surface area (Å²) in [5.41, 5.74) is 1.29. The summed E-state index contributed by atoms with van der Waals surface area (Å²) >= 11 is 3.35. The van der Waals surface area contributed by atoms with Gasteiger partial charge in [0.25, 0.3) is 10.0 Å². The summed E-state index contributed by atoms with van der Waals surface area (Å²) in [7, 11) is -3.92. The number of carbonyl (C=O) groups is 1. The predicted octanol–water partition coefficient (Wildman–Crippen LogP) is 4.75. The smallest absolute Gasteiger partial charge is 0.264 e. The van der Waals surface area contributed by atoms with Crippen LogP contribution in [0.15, 0.2) is 88.2 Å². The number of nitrogens with zero attached hydrogens (tertiary/aromatic N) is 1. The van der Waals surface area contributed by atoms with Crippen molar-refractivity contribution in [3.8, 4) is 5.75 Å². The summed E-state index contributed by atoms with van der Waals surface area (Å²) in [6.07, 6.45) is 0.0803. The van der Waals surface area contributed by atoms with Crippen molar-refractivity contribution in [3.05, 3.63) is 88.9 Å². The zero-order valence-corrected chi connectivity index (χ0v) is 20.3. The molecule has 0 aliphatic rings. The first-order valence-corrected chi connectivity index (χ1v) is 12.3. The van der Waals surface area contributed by atoms with Crippen LogP contribution in [0.5, 0.6) is 5.75 Å². The first-order chi connectivity index (χ1) is 15.3. The van der Waals surface area contributed by atoms with Gasteiger partial charge < -0.3 is 10.1 Å². The number of amides is 1. The van der Waals surface area contributed by atoms with Gasteiger partial charge in [-0.15, -0.1) is 0 Å². The lowest BCUT2D eigenvalue weighted by Crippen LogP contribution is -2.40. The van der Waals surface area contributed by atoms with E-state index in [0.29, 0.717) is 5.69 Å². The van der Waals surface area contributed by atoms with Gasteiger partial charge in [0, 0.05) is 11.0 Å². The van der Waals surface area contributed by atoms with Crippen LogP contribution in [0.3, 0.4) is 0 Å². The highest BCUT2D eigenvalue weighted by atomic mass is 79.9. The molecule has 1 N–H and O–H groups in total. The minimum absolute atomic E-state index is 0.0803. The molecule has 0 fully saturated rings. The number of carbonyl (C=O) groups excluding carboxylic acids is 1. The molecule has 0 atom stereocenters. The van der Waals surface area contributed by atoms with Crippen molar-refractivity contribution in [1.29, 1.82) is 0 Å². The molecule has 1 amide bonds. The molecule has 0 heterocycles. The Hall–Kier alpha value is -2.84. The highest BCUT2D eigenvalue weighted by molar-refractivity contribution is 9.10. The highest BCUT2D eigenvalue weighted by Gasteiger charge is 2.27. The molecule has 6 nitrogen and oxygen atoms in total. The summed E-state index contributed by atoms with van der Waals surface area (Å²) in [5.74, 6) is 0.348. The fourth-order valence-electron chi connectivity index (χ4n) is 2.99. The molecule has 0 saturated carbocycles. The normalized spacial score (nSPS) is 11.2. The minimum Gasteiger partial charge on any atom is -0.491 e. The second-order valence-corrected chi connectivity index (χ2v) is 10.2. The van der Waals surface area contributed by atoms with E-state index in [2.05, 4.69) is 21.2 Å². The predicted molar refractivity (Wildman–Crippen MR) is 129 cm³/mol. The third-order valence-corrected chi connectivity index (χ3v) is 6.83. The monoisotopic (exact) mass is 516 g/mol. The van der Waals surface area contributed by atoms with E-state index in [-0.39, 0.29) is 24.1 Å². The summed E-state index contributed by atoms with van der Waals surface area (Å²) in [6, 6.07) is 22.3. The molecule has 3 aromatic carbocycles. The quantitative estimate of drug-likeness (QED) is 0.445. The van der Waals surface area contributed by atoms with Crippen molar-refractivity contribution in [1.82, 2.24) is 5.32 Å². The van der Waals surface area contributed by atoms with E-state index in [9.17, 15) is 13.2 Å². The first kappa shape index (κ1) is 23.8. The van der Waals surface area contributed by atoms with Gasteiger partial charge in [0.05, 0.1) is 16.7 Å². The molecule has 0 unspecified atom stereocenters. The van der Waals surface area contributed by atoms with Crippen molar-refractivity contribution >= 4 is 37.5 Å². The molecule has 3 aromatic rings. The maximum absolute atomic E-state index is 13.3. The number of nitrogens with one attached hydrogen (secondary N) is 1. The molecule has 3 rings (SSSR count). The van der Waals surface area contributed by atoms with Crippen molar-refractivity contribution in [2.45, 2.75) is 31.4 Å². The Kier molecular flexibility index (Phi) is 7.93. The lowest BCUT2D eigenvalue weighted by Gasteiger charge is -2.24. The molecule has 8 heteroatoms. The van der Waals surface area contributed by atoms with E-state index < -0.39 is 15.9 Å². The summed E-state index contributed by atoms with van der Waals surface area (Å²) < 4.78 is 34.1. The Morgan fingerprint density at radius 1 is 0.969 bits per heavy atom. The Bertz CT molecular complexity index is 1130. The maximum atomic E-state index is 13.3. The molecular weight excluding hydrogens is 492 g/mol. The van der Waals surface area contributed by atoms with Gasteiger partial charge in [-0.25, -0.2) is 8.42 Å². The number of halogens is 1. The molecule has 32 heavy (non-hydrogen) atoms. The lowest BCUT2D eigenvalue weighted by atomic mass is 10.2. The van der Waals surface area contributed by atoms with Gasteiger partial charge in [0.15, 0.2) is 0 Å². The van der Waals surface area contributed by atoms with E-state index in [1.54, 1.807) is 42.5 Å². The van der Waals surface area contributed by atoms with E-state index in [4.69, 9.17) is 4.74 Å². The number of hydrogen-bond acceptors (Lipinski definition) is 4. The lowest BCUT2D eigenvalue weighted by molar-refractivity contribution is -0.119. The number of rotatable bonds is 9. The van der Waals surface area contributed by atoms with Gasteiger partial charge in [0.2, 0.25) is 5.91 Å². The van der Waals surface area contributed by atoms with Crippen molar-refractivity contribution in [3.63, 3.8) is 0 Å². The molecule has 0 aliphatic carbocycles. The molecule has 0 aromatic heterocycles. The van der Waals surface area contributed by atoms with Crippen LogP contribution < -0.4 is 14.4 Å². The van der Waals surface area contributed by atoms with Crippen LogP contribution in [0.4, 0.5) is 5.69 Å². The average Bonchev–Trinajstić information content (AvgIpc) is 2.78. The zero-order valence-electron chi connectivity index (χ0n) is 17.9. The van der Waals surface area contributed by atoms with Crippen molar-refractivity contribution in [2.24, 2.45) is 0 Å². The molecule has 0 radical (unpaired) electrons. The second kappa shape index (κ2) is 10.7. The Morgan fingerprint density at radius 2 is 1.59 bits per heavy atom. The van der Waals surface area contributed by atoms with E-state index in [1.807, 2.05) is 38.1 Å². The standard InChI is InChI=1S/C24H25BrN2O4S/c1-18(2)31-22-14-8-19(9-15-22)16-26-24(28)17-27(21-12-10-20(25)11-13-21)32(29,30)23-6-4-3-5-7-23/h3-15,18H,16-17H2,1-2H3,(H,26,28). The maximum Gasteiger partial charge on any atom is 0.264 e. The number of benzene rings is 3. The van der Waals surface area contributed by atoms with Gasteiger partial charge in [-0.3, -0.25) is 9.10 Å². The van der Waals surface area contributed by atoms with E-state index in [1.165, 1.54) is 12.1 Å². The molecule has 168 valence electrons. The van der Waals surface area contributed by atoms with Gasteiger partial charge in [-0.1, -0.05) is 46.3 Å². The van der Waals surface area contributed by atoms with Crippen molar-refractivity contribution < 1.29 is 17.9 Å². The fourth-order valence-corrected chi connectivity index (χ4v) is 4.69. The second-order valence-electron chi connectivity index (χ2n) is 7.39. The number of hydrogen-bond donors (Lipinski definition) is 1. The molecule has 0 bridgehead atoms. The highest BCUT2D eigenvalue weighted by Crippen LogP contribution is 2.25. The van der Waals surface area contributed by atoms with E-state index in [0.717, 1.165) is 20.1 Å². The zero-order chi connectivity index (χ0) is 23.1. The summed E-state index contributed by atoms with van der Waals surface area (Å²) in [5, 5.41) is 2.80. The van der Waals surface area contributed by atoms with Crippen LogP contribution >= 0.6 is 15.9 Å². The van der Waals surface area contributed by atoms with Gasteiger partial charge >= 0.3 is 0 Å². The minimum atomic E-state index is -3.92. The van der Waals surface area contributed by atoms with Gasteiger partial charge in [0.1, 0.15) is 12.3 Å². The Balaban J connectivity index is 1.74. The molecular formula is C24H25BrN2O4S. The van der Waals surface area contributed by atoms with Gasteiger partial charge in [-0.2, -0.15) is 0 Å². The fraction of sp³-hybridized carbons (Fsp3) is 0.208. The summed E-state index contributed by atoms with van der Waals surface area (Å²) in [6.45, 7) is 3.84. The third kappa shape index (κ3) is 6.34. The number of sulfonamides is 1. The topological polar surface area (TPSA) is 75.7 Å². The van der Waals surface area contributed by atoms with Crippen molar-refractivity contribution in [2.75, 3.05) is 10.8 Å². The molecule has 0 aliphatic heterocycles. The molecule has 0 spiro atoms. The van der Waals surface area contributed by atoms with Crippen LogP contribution in [0.25, 0.3) is 0 Å². The number of ether oxygens (including phenoxy) is 1. The van der Waals surface area contributed by atoms with Crippen LogP contribution in [0.1, 0.15) is 19.4 Å². The first-order valence-electron chi connectivity index (χ1n) is 10.1. The Labute approximate surface area is 197 Å². The van der Waals surface area contributed by atoms with Crippen LogP contribution in [0, 0.1) is 0 Å². The largest absolute Gasteiger partial charge is 0.491 e. The summed E-state index contributed by atoms with van der Waals surface area (Å²) in [4.78, 5) is 12.8. The van der Waals surface area contributed by atoms with Crippen LogP contribution in [-0.4, -0.2) is 27.0 Å². The Morgan fingerprint density at radius 3 is 2.19 bits per heavy atom. The average molecular weight is 517 g/mol. The third-order valence-electron chi connectivity index (χ3n) is 4.52. The van der Waals surface area contributed by atoms with E-state index >= 15 is 0 Å². The van der Waals surface area contributed by atoms with Crippen LogP contribution in [-0.2, 0) is 21.4 Å².